The van der Waals surface area contributed by atoms with Gasteiger partial charge in [-0.25, -0.2) is 17.9 Å². The quantitative estimate of drug-likeness (QED) is 0.682. The van der Waals surface area contributed by atoms with Gasteiger partial charge in [-0.05, 0) is 36.8 Å². The second-order valence-electron chi connectivity index (χ2n) is 6.05. The summed E-state index contributed by atoms with van der Waals surface area (Å²) in [6.07, 6.45) is 2.31. The lowest BCUT2D eigenvalue weighted by molar-refractivity contribution is -0.143. The van der Waals surface area contributed by atoms with E-state index in [1.165, 1.54) is 24.5 Å². The van der Waals surface area contributed by atoms with E-state index in [1.807, 2.05) is 0 Å². The van der Waals surface area contributed by atoms with E-state index in [9.17, 15) is 22.8 Å². The molecule has 0 aliphatic carbocycles. The van der Waals surface area contributed by atoms with Crippen LogP contribution in [-0.4, -0.2) is 44.3 Å². The van der Waals surface area contributed by atoms with E-state index < -0.39 is 28.5 Å². The van der Waals surface area contributed by atoms with Crippen LogP contribution in [0.2, 0.25) is 0 Å². The van der Waals surface area contributed by atoms with Gasteiger partial charge in [0.1, 0.15) is 5.76 Å². The summed E-state index contributed by atoms with van der Waals surface area (Å²) in [6.45, 7) is -0.315. The number of carbonyl (C=O) groups excluding carboxylic acids is 3. The molecule has 0 atom stereocenters. The number of ether oxygens (including phenoxy) is 1. The summed E-state index contributed by atoms with van der Waals surface area (Å²) in [4.78, 5) is 36.5. The molecule has 148 valence electrons. The van der Waals surface area contributed by atoms with Crippen molar-refractivity contribution in [3.8, 4) is 0 Å². The van der Waals surface area contributed by atoms with Crippen LogP contribution in [-0.2, 0) is 30.9 Å². The Bertz CT molecular complexity index is 983. The molecule has 3 rings (SSSR count). The van der Waals surface area contributed by atoms with E-state index in [2.05, 4.69) is 4.72 Å². The number of nitrogens with zero attached hydrogens (tertiary/aromatic N) is 1. The van der Waals surface area contributed by atoms with E-state index in [1.54, 1.807) is 12.1 Å². The van der Waals surface area contributed by atoms with Crippen molar-refractivity contribution in [1.82, 2.24) is 9.62 Å². The zero-order valence-electron chi connectivity index (χ0n) is 14.8. The molecule has 1 aliphatic heterocycles. The Hall–Kier alpha value is -2.98. The maximum atomic E-state index is 12.4. The SMILES string of the molecule is O=C(OCC(=O)N1CCCC1=O)c1cccc(S(=O)(=O)NCc2ccco2)c1. The number of hydrogen-bond donors (Lipinski definition) is 1. The standard InChI is InChI=1S/C18H18N2O7S/c21-16-7-2-8-20(16)17(22)12-27-18(23)13-4-1-6-15(10-13)28(24,25)19-11-14-5-3-9-26-14/h1,3-6,9-10,19H,2,7-8,11-12H2. The maximum Gasteiger partial charge on any atom is 0.338 e. The van der Waals surface area contributed by atoms with Crippen molar-refractivity contribution in [2.75, 3.05) is 13.2 Å². The number of amides is 2. The molecule has 0 unspecified atom stereocenters. The van der Waals surface area contributed by atoms with Crippen molar-refractivity contribution in [3.63, 3.8) is 0 Å². The van der Waals surface area contributed by atoms with Crippen molar-refractivity contribution in [2.24, 2.45) is 0 Å². The van der Waals surface area contributed by atoms with Crippen LogP contribution in [0.5, 0.6) is 0 Å². The van der Waals surface area contributed by atoms with Gasteiger partial charge in [-0.2, -0.15) is 0 Å². The van der Waals surface area contributed by atoms with Crippen LogP contribution in [0.3, 0.4) is 0 Å². The number of nitrogens with one attached hydrogen (secondary N) is 1. The molecule has 1 aromatic heterocycles. The lowest BCUT2D eigenvalue weighted by atomic mass is 10.2. The number of hydrogen-bond acceptors (Lipinski definition) is 7. The average molecular weight is 406 g/mol. The van der Waals surface area contributed by atoms with Crippen molar-refractivity contribution in [2.45, 2.75) is 24.3 Å². The highest BCUT2D eigenvalue weighted by Gasteiger charge is 2.27. The lowest BCUT2D eigenvalue weighted by Crippen LogP contribution is -2.35. The zero-order chi connectivity index (χ0) is 20.1. The van der Waals surface area contributed by atoms with Crippen LogP contribution in [0.25, 0.3) is 0 Å². The first-order chi connectivity index (χ1) is 13.4. The van der Waals surface area contributed by atoms with Crippen LogP contribution in [0.4, 0.5) is 0 Å². The van der Waals surface area contributed by atoms with Crippen molar-refractivity contribution >= 4 is 27.8 Å². The molecule has 1 aromatic carbocycles. The maximum absolute atomic E-state index is 12.4. The molecule has 1 aliphatic rings. The fraction of sp³-hybridized carbons (Fsp3) is 0.278. The van der Waals surface area contributed by atoms with Gasteiger partial charge in [0.15, 0.2) is 6.61 Å². The molecule has 9 nitrogen and oxygen atoms in total. The number of furan rings is 1. The topological polar surface area (TPSA) is 123 Å². The van der Waals surface area contributed by atoms with E-state index in [4.69, 9.17) is 9.15 Å². The number of likely N-dealkylation sites (tertiary alicyclic amines) is 1. The second kappa shape index (κ2) is 8.36. The molecule has 28 heavy (non-hydrogen) atoms. The number of carbonyl (C=O) groups is 3. The van der Waals surface area contributed by atoms with Crippen molar-refractivity contribution in [3.05, 3.63) is 54.0 Å². The Kier molecular flexibility index (Phi) is 5.90. The highest BCUT2D eigenvalue weighted by Crippen LogP contribution is 2.14. The summed E-state index contributed by atoms with van der Waals surface area (Å²) in [5.41, 5.74) is -0.0265. The van der Waals surface area contributed by atoms with Crippen LogP contribution < -0.4 is 4.72 Å². The van der Waals surface area contributed by atoms with Gasteiger partial charge in [0.05, 0.1) is 23.3 Å². The molecule has 10 heteroatoms. The minimum Gasteiger partial charge on any atom is -0.468 e. The van der Waals surface area contributed by atoms with Crippen molar-refractivity contribution in [1.29, 1.82) is 0 Å². The Morgan fingerprint density at radius 3 is 2.71 bits per heavy atom. The van der Waals surface area contributed by atoms with Crippen molar-refractivity contribution < 1.29 is 32.0 Å². The molecule has 1 N–H and O–H groups in total. The van der Waals surface area contributed by atoms with Crippen LogP contribution >= 0.6 is 0 Å². The number of esters is 1. The third-order valence-corrected chi connectivity index (χ3v) is 5.50. The molecule has 2 aromatic rings. The molecule has 2 amide bonds. The molecule has 0 bridgehead atoms. The number of rotatable bonds is 7. The third-order valence-electron chi connectivity index (χ3n) is 4.10. The molecule has 0 spiro atoms. The Morgan fingerprint density at radius 2 is 2.04 bits per heavy atom. The van der Waals surface area contributed by atoms with Gasteiger partial charge in [0, 0.05) is 13.0 Å². The Labute approximate surface area is 161 Å². The first-order valence-electron chi connectivity index (χ1n) is 8.49. The monoisotopic (exact) mass is 406 g/mol. The Balaban J connectivity index is 1.62. The Morgan fingerprint density at radius 1 is 1.21 bits per heavy atom. The first kappa shape index (κ1) is 19.8. The summed E-state index contributed by atoms with van der Waals surface area (Å²) in [5, 5.41) is 0. The minimum atomic E-state index is -3.88. The third kappa shape index (κ3) is 4.65. The highest BCUT2D eigenvalue weighted by atomic mass is 32.2. The number of sulfonamides is 1. The molecular weight excluding hydrogens is 388 g/mol. The first-order valence-corrected chi connectivity index (χ1v) is 9.97. The van der Waals surface area contributed by atoms with E-state index >= 15 is 0 Å². The molecule has 0 radical (unpaired) electrons. The van der Waals surface area contributed by atoms with Gasteiger partial charge in [-0.15, -0.1) is 0 Å². The van der Waals surface area contributed by atoms with E-state index in [0.717, 1.165) is 11.0 Å². The number of imide groups is 1. The summed E-state index contributed by atoms with van der Waals surface area (Å²) >= 11 is 0. The lowest BCUT2D eigenvalue weighted by Gasteiger charge is -2.13. The molecular formula is C18H18N2O7S. The summed E-state index contributed by atoms with van der Waals surface area (Å²) in [6, 6.07) is 8.51. The predicted molar refractivity (Wildman–Crippen MR) is 95.4 cm³/mol. The van der Waals surface area contributed by atoms with Gasteiger partial charge in [0.2, 0.25) is 15.9 Å². The fourth-order valence-electron chi connectivity index (χ4n) is 2.65. The molecule has 2 heterocycles. The predicted octanol–water partition coefficient (Wildman–Crippen LogP) is 1.06. The van der Waals surface area contributed by atoms with Gasteiger partial charge >= 0.3 is 5.97 Å². The van der Waals surface area contributed by atoms with Crippen LogP contribution in [0.15, 0.2) is 52.0 Å². The van der Waals surface area contributed by atoms with Gasteiger partial charge in [-0.1, -0.05) is 6.07 Å². The molecule has 1 saturated heterocycles. The van der Waals surface area contributed by atoms with E-state index in [0.29, 0.717) is 25.1 Å². The molecule has 0 saturated carbocycles. The largest absolute Gasteiger partial charge is 0.468 e. The van der Waals surface area contributed by atoms with Gasteiger partial charge < -0.3 is 9.15 Å². The normalized spacial score (nSPS) is 14.3. The second-order valence-corrected chi connectivity index (χ2v) is 7.82. The van der Waals surface area contributed by atoms with E-state index in [-0.39, 0.29) is 22.9 Å². The minimum absolute atomic E-state index is 0.0265. The average Bonchev–Trinajstić information content (AvgIpc) is 3.36. The fourth-order valence-corrected chi connectivity index (χ4v) is 3.69. The zero-order valence-corrected chi connectivity index (χ0v) is 15.6. The molecule has 1 fully saturated rings. The van der Waals surface area contributed by atoms with Gasteiger partial charge in [-0.3, -0.25) is 14.5 Å². The summed E-state index contributed by atoms with van der Waals surface area (Å²) < 4.78 is 37.1. The van der Waals surface area contributed by atoms with Crippen LogP contribution in [0.1, 0.15) is 29.0 Å². The number of benzene rings is 1. The smallest absolute Gasteiger partial charge is 0.338 e. The van der Waals surface area contributed by atoms with Gasteiger partial charge in [0.25, 0.3) is 5.91 Å². The highest BCUT2D eigenvalue weighted by molar-refractivity contribution is 7.89. The summed E-state index contributed by atoms with van der Waals surface area (Å²) in [5.74, 6) is -1.31. The van der Waals surface area contributed by atoms with Crippen LogP contribution in [0, 0.1) is 0 Å². The summed E-state index contributed by atoms with van der Waals surface area (Å²) in [7, 11) is -3.88.